The Morgan fingerprint density at radius 1 is 1.24 bits per heavy atom. The van der Waals surface area contributed by atoms with Crippen LogP contribution in [0.3, 0.4) is 0 Å². The Morgan fingerprint density at radius 3 is 2.81 bits per heavy atom. The lowest BCUT2D eigenvalue weighted by molar-refractivity contribution is -0.120. The molecule has 0 spiro atoms. The Kier molecular flexibility index (Phi) is 2.96. The fourth-order valence-electron chi connectivity index (χ4n) is 3.38. The molecule has 2 aromatic heterocycles. The molecule has 108 valence electrons. The second-order valence-corrected chi connectivity index (χ2v) is 5.74. The van der Waals surface area contributed by atoms with Gasteiger partial charge in [-0.2, -0.15) is 0 Å². The predicted octanol–water partition coefficient (Wildman–Crippen LogP) is 1.16. The van der Waals surface area contributed by atoms with Crippen molar-refractivity contribution in [2.75, 3.05) is 24.5 Å². The average molecular weight is 284 g/mol. The molecule has 6 nitrogen and oxygen atoms in total. The van der Waals surface area contributed by atoms with Crippen molar-refractivity contribution in [2.45, 2.75) is 6.54 Å². The molecule has 2 atom stereocenters. The average Bonchev–Trinajstić information content (AvgIpc) is 3.20. The van der Waals surface area contributed by atoms with Gasteiger partial charge in [0.15, 0.2) is 0 Å². The molecule has 0 saturated carbocycles. The van der Waals surface area contributed by atoms with E-state index in [4.69, 9.17) is 4.42 Å². The molecule has 4 heterocycles. The van der Waals surface area contributed by atoms with E-state index in [1.165, 1.54) is 6.33 Å². The van der Waals surface area contributed by atoms with Crippen molar-refractivity contribution in [1.82, 2.24) is 14.9 Å². The quantitative estimate of drug-likeness (QED) is 0.846. The summed E-state index contributed by atoms with van der Waals surface area (Å²) in [5, 5.41) is 0. The first kappa shape index (κ1) is 12.5. The molecule has 0 N–H and O–H groups in total. The van der Waals surface area contributed by atoms with Crippen LogP contribution < -0.4 is 4.90 Å². The number of likely N-dealkylation sites (tertiary alicyclic amines) is 1. The number of furan rings is 1. The Labute approximate surface area is 122 Å². The van der Waals surface area contributed by atoms with E-state index >= 15 is 0 Å². The monoisotopic (exact) mass is 284 g/mol. The van der Waals surface area contributed by atoms with Gasteiger partial charge in [0.2, 0.25) is 5.91 Å². The molecule has 0 unspecified atom stereocenters. The zero-order chi connectivity index (χ0) is 14.2. The van der Waals surface area contributed by atoms with Crippen LogP contribution in [0, 0.1) is 11.8 Å². The summed E-state index contributed by atoms with van der Waals surface area (Å²) in [5.74, 6) is 0.686. The minimum absolute atomic E-state index is 0.0945. The number of amides is 1. The summed E-state index contributed by atoms with van der Waals surface area (Å²) in [6, 6.07) is 1.98. The number of hydrogen-bond acceptors (Lipinski definition) is 5. The third-order valence-electron chi connectivity index (χ3n) is 4.36. The molecule has 6 heteroatoms. The van der Waals surface area contributed by atoms with E-state index in [0.29, 0.717) is 5.92 Å². The standard InChI is InChI=1S/C15H16N4O2/c20-15-14-8-18(5-11-1-2-21-9-11)6-12(14)7-19(15)13-3-16-10-17-4-13/h1-4,9-10,12,14H,5-8H2/t12-,14-/m0/s1. The van der Waals surface area contributed by atoms with Crippen LogP contribution in [-0.4, -0.2) is 40.4 Å². The number of fused-ring (bicyclic) bond motifs is 1. The number of anilines is 1. The number of aromatic nitrogens is 2. The van der Waals surface area contributed by atoms with Gasteiger partial charge < -0.3 is 9.32 Å². The van der Waals surface area contributed by atoms with Crippen molar-refractivity contribution in [3.8, 4) is 0 Å². The Bertz CT molecular complexity index is 628. The SMILES string of the molecule is O=C1[C@H]2CN(Cc3ccoc3)C[C@H]2CN1c1cncnc1. The van der Waals surface area contributed by atoms with E-state index in [-0.39, 0.29) is 11.8 Å². The van der Waals surface area contributed by atoms with Gasteiger partial charge in [-0.15, -0.1) is 0 Å². The molecule has 4 rings (SSSR count). The van der Waals surface area contributed by atoms with Crippen molar-refractivity contribution in [3.63, 3.8) is 0 Å². The minimum atomic E-state index is 0.0945. The predicted molar refractivity (Wildman–Crippen MR) is 75.4 cm³/mol. The molecule has 0 radical (unpaired) electrons. The maximum Gasteiger partial charge on any atom is 0.231 e. The first-order valence-electron chi connectivity index (χ1n) is 7.11. The highest BCUT2D eigenvalue weighted by Crippen LogP contribution is 2.35. The largest absolute Gasteiger partial charge is 0.472 e. The molecular weight excluding hydrogens is 268 g/mol. The highest BCUT2D eigenvalue weighted by atomic mass is 16.3. The van der Waals surface area contributed by atoms with Crippen LogP contribution in [0.4, 0.5) is 5.69 Å². The van der Waals surface area contributed by atoms with Crippen LogP contribution in [0.25, 0.3) is 0 Å². The smallest absolute Gasteiger partial charge is 0.231 e. The summed E-state index contributed by atoms with van der Waals surface area (Å²) in [6.07, 6.45) is 8.35. The number of rotatable bonds is 3. The van der Waals surface area contributed by atoms with E-state index in [0.717, 1.165) is 37.4 Å². The highest BCUT2D eigenvalue weighted by molar-refractivity contribution is 5.97. The topological polar surface area (TPSA) is 62.5 Å². The normalized spacial score (nSPS) is 25.5. The molecule has 2 saturated heterocycles. The van der Waals surface area contributed by atoms with Crippen LogP contribution in [0.1, 0.15) is 5.56 Å². The van der Waals surface area contributed by atoms with Gasteiger partial charge in [-0.25, -0.2) is 9.97 Å². The van der Waals surface area contributed by atoms with Gasteiger partial charge >= 0.3 is 0 Å². The van der Waals surface area contributed by atoms with E-state index in [9.17, 15) is 4.79 Å². The number of nitrogens with zero attached hydrogens (tertiary/aromatic N) is 4. The first-order valence-corrected chi connectivity index (χ1v) is 7.11. The molecule has 1 amide bonds. The lowest BCUT2D eigenvalue weighted by atomic mass is 10.0. The minimum Gasteiger partial charge on any atom is -0.472 e. The van der Waals surface area contributed by atoms with Crippen LogP contribution in [0.2, 0.25) is 0 Å². The summed E-state index contributed by atoms with van der Waals surface area (Å²) in [4.78, 5) is 24.7. The third-order valence-corrected chi connectivity index (χ3v) is 4.36. The fourth-order valence-corrected chi connectivity index (χ4v) is 3.38. The first-order chi connectivity index (χ1) is 10.3. The Hall–Kier alpha value is -2.21. The molecular formula is C15H16N4O2. The zero-order valence-corrected chi connectivity index (χ0v) is 11.6. The summed E-state index contributed by atoms with van der Waals surface area (Å²) in [5.41, 5.74) is 1.97. The van der Waals surface area contributed by atoms with Crippen molar-refractivity contribution in [3.05, 3.63) is 42.9 Å². The maximum absolute atomic E-state index is 12.6. The number of carbonyl (C=O) groups is 1. The van der Waals surface area contributed by atoms with Crippen LogP contribution in [-0.2, 0) is 11.3 Å². The van der Waals surface area contributed by atoms with Gasteiger partial charge in [-0.3, -0.25) is 9.69 Å². The lowest BCUT2D eigenvalue weighted by Gasteiger charge is -2.20. The van der Waals surface area contributed by atoms with Crippen LogP contribution >= 0.6 is 0 Å². The maximum atomic E-state index is 12.6. The van der Waals surface area contributed by atoms with Crippen molar-refractivity contribution in [1.29, 1.82) is 0 Å². The highest BCUT2D eigenvalue weighted by Gasteiger charge is 2.46. The van der Waals surface area contributed by atoms with E-state index in [2.05, 4.69) is 14.9 Å². The second kappa shape index (κ2) is 4.96. The van der Waals surface area contributed by atoms with E-state index in [1.54, 1.807) is 24.9 Å². The van der Waals surface area contributed by atoms with Gasteiger partial charge in [0.1, 0.15) is 6.33 Å². The summed E-state index contributed by atoms with van der Waals surface area (Å²) in [7, 11) is 0. The summed E-state index contributed by atoms with van der Waals surface area (Å²) >= 11 is 0. The van der Waals surface area contributed by atoms with E-state index < -0.39 is 0 Å². The van der Waals surface area contributed by atoms with Gasteiger partial charge in [0.25, 0.3) is 0 Å². The fraction of sp³-hybridized carbons (Fsp3) is 0.400. The van der Waals surface area contributed by atoms with Gasteiger partial charge in [0.05, 0.1) is 36.5 Å². The molecule has 0 aromatic carbocycles. The number of hydrogen-bond donors (Lipinski definition) is 0. The second-order valence-electron chi connectivity index (χ2n) is 5.74. The molecule has 2 aliphatic heterocycles. The van der Waals surface area contributed by atoms with Crippen molar-refractivity contribution in [2.24, 2.45) is 11.8 Å². The zero-order valence-electron chi connectivity index (χ0n) is 11.6. The third kappa shape index (κ3) is 2.21. The molecule has 2 fully saturated rings. The Balaban J connectivity index is 1.45. The summed E-state index contributed by atoms with van der Waals surface area (Å²) in [6.45, 7) is 3.38. The van der Waals surface area contributed by atoms with Crippen molar-refractivity contribution >= 4 is 11.6 Å². The van der Waals surface area contributed by atoms with Crippen molar-refractivity contribution < 1.29 is 9.21 Å². The molecule has 2 aromatic rings. The molecule has 0 bridgehead atoms. The van der Waals surface area contributed by atoms with E-state index in [1.807, 2.05) is 11.0 Å². The van der Waals surface area contributed by atoms with Gasteiger partial charge in [-0.1, -0.05) is 0 Å². The lowest BCUT2D eigenvalue weighted by Crippen LogP contribution is -2.32. The van der Waals surface area contributed by atoms with Gasteiger partial charge in [0, 0.05) is 37.7 Å². The van der Waals surface area contributed by atoms with Crippen LogP contribution in [0.15, 0.2) is 41.7 Å². The molecule has 2 aliphatic rings. The molecule has 0 aliphatic carbocycles. The molecule has 21 heavy (non-hydrogen) atoms. The number of carbonyl (C=O) groups excluding carboxylic acids is 1. The summed E-state index contributed by atoms with van der Waals surface area (Å²) < 4.78 is 5.10. The van der Waals surface area contributed by atoms with Crippen LogP contribution in [0.5, 0.6) is 0 Å². The Morgan fingerprint density at radius 2 is 2.10 bits per heavy atom. The van der Waals surface area contributed by atoms with Gasteiger partial charge in [-0.05, 0) is 6.07 Å².